The Morgan fingerprint density at radius 2 is 1.51 bits per heavy atom. The molecule has 2 aromatic carbocycles. The van der Waals surface area contributed by atoms with Crippen LogP contribution in [0.5, 0.6) is 0 Å². The molecule has 1 N–H and O–H groups in total. The van der Waals surface area contributed by atoms with Gasteiger partial charge in [-0.1, -0.05) is 24.3 Å². The first-order valence-corrected chi connectivity index (χ1v) is 12.3. The van der Waals surface area contributed by atoms with Crippen molar-refractivity contribution >= 4 is 28.7 Å². The summed E-state index contributed by atoms with van der Waals surface area (Å²) in [6.45, 7) is 6.64. The van der Waals surface area contributed by atoms with Gasteiger partial charge in [0.1, 0.15) is 0 Å². The molecule has 1 saturated heterocycles. The average molecular weight is 482 g/mol. The van der Waals surface area contributed by atoms with E-state index in [4.69, 9.17) is 17.2 Å². The molecular formula is C29H31N5S. The first-order chi connectivity index (χ1) is 16.9. The van der Waals surface area contributed by atoms with Crippen molar-refractivity contribution < 1.29 is 0 Å². The SMILES string of the molecule is Cc1c([C@@H]2[C@H](c3ccccn3)NC(=S)N2c2ccc(N(C)C)cc2)c(C)n(-c2ccccc2)c1C. The molecule has 4 aromatic rings. The Morgan fingerprint density at radius 3 is 2.14 bits per heavy atom. The van der Waals surface area contributed by atoms with E-state index in [1.165, 1.54) is 28.2 Å². The average Bonchev–Trinajstić information content (AvgIpc) is 3.32. The molecule has 2 aromatic heterocycles. The Hall–Kier alpha value is -3.64. The molecule has 6 heteroatoms. The Balaban J connectivity index is 1.70. The van der Waals surface area contributed by atoms with Gasteiger partial charge in [0.15, 0.2) is 5.11 Å². The number of nitrogens with one attached hydrogen (secondary N) is 1. The van der Waals surface area contributed by atoms with Crippen molar-refractivity contribution in [3.8, 4) is 5.69 Å². The number of anilines is 2. The van der Waals surface area contributed by atoms with E-state index in [-0.39, 0.29) is 12.1 Å². The summed E-state index contributed by atoms with van der Waals surface area (Å²) in [6, 6.07) is 25.1. The Kier molecular flexibility index (Phi) is 6.07. The molecule has 1 aliphatic heterocycles. The zero-order valence-corrected chi connectivity index (χ0v) is 21.7. The number of benzene rings is 2. The van der Waals surface area contributed by atoms with Crippen molar-refractivity contribution in [2.45, 2.75) is 32.9 Å². The van der Waals surface area contributed by atoms with Gasteiger partial charge in [0.05, 0.1) is 17.8 Å². The first-order valence-electron chi connectivity index (χ1n) is 11.9. The highest BCUT2D eigenvalue weighted by molar-refractivity contribution is 7.80. The molecule has 5 rings (SSSR count). The zero-order valence-electron chi connectivity index (χ0n) is 20.9. The summed E-state index contributed by atoms with van der Waals surface area (Å²) < 4.78 is 2.36. The fourth-order valence-electron chi connectivity index (χ4n) is 5.24. The number of hydrogen-bond donors (Lipinski definition) is 1. The van der Waals surface area contributed by atoms with Crippen LogP contribution in [0.1, 0.15) is 40.3 Å². The molecular weight excluding hydrogens is 450 g/mol. The van der Waals surface area contributed by atoms with Crippen LogP contribution in [0.3, 0.4) is 0 Å². The van der Waals surface area contributed by atoms with Gasteiger partial charge in [-0.2, -0.15) is 0 Å². The molecule has 0 saturated carbocycles. The highest BCUT2D eigenvalue weighted by atomic mass is 32.1. The van der Waals surface area contributed by atoms with Gasteiger partial charge in [-0.3, -0.25) is 4.98 Å². The smallest absolute Gasteiger partial charge is 0.174 e. The predicted molar refractivity (Wildman–Crippen MR) is 149 cm³/mol. The largest absolute Gasteiger partial charge is 0.378 e. The molecule has 1 aliphatic rings. The molecule has 0 aliphatic carbocycles. The topological polar surface area (TPSA) is 36.3 Å². The number of pyridine rings is 1. The zero-order chi connectivity index (χ0) is 24.7. The summed E-state index contributed by atoms with van der Waals surface area (Å²) in [5.41, 5.74) is 9.40. The minimum Gasteiger partial charge on any atom is -0.378 e. The Bertz CT molecular complexity index is 1340. The third-order valence-electron chi connectivity index (χ3n) is 7.06. The van der Waals surface area contributed by atoms with Gasteiger partial charge in [0.25, 0.3) is 0 Å². The van der Waals surface area contributed by atoms with E-state index in [0.29, 0.717) is 5.11 Å². The summed E-state index contributed by atoms with van der Waals surface area (Å²) in [4.78, 5) is 9.09. The monoisotopic (exact) mass is 481 g/mol. The van der Waals surface area contributed by atoms with Gasteiger partial charge in [-0.15, -0.1) is 0 Å². The highest BCUT2D eigenvalue weighted by Gasteiger charge is 2.43. The van der Waals surface area contributed by atoms with Crippen LogP contribution in [0.4, 0.5) is 11.4 Å². The summed E-state index contributed by atoms with van der Waals surface area (Å²) in [5.74, 6) is 0. The van der Waals surface area contributed by atoms with E-state index in [1.54, 1.807) is 0 Å². The first kappa shape index (κ1) is 23.1. The van der Waals surface area contributed by atoms with Crippen molar-refractivity contribution in [1.82, 2.24) is 14.9 Å². The molecule has 0 bridgehead atoms. The third kappa shape index (κ3) is 3.98. The maximum atomic E-state index is 5.95. The second-order valence-corrected chi connectivity index (χ2v) is 9.67. The van der Waals surface area contributed by atoms with Crippen molar-refractivity contribution in [2.75, 3.05) is 23.9 Å². The summed E-state index contributed by atoms with van der Waals surface area (Å²) >= 11 is 5.95. The van der Waals surface area contributed by atoms with E-state index in [9.17, 15) is 0 Å². The van der Waals surface area contributed by atoms with E-state index in [1.807, 2.05) is 18.3 Å². The molecule has 0 spiro atoms. The summed E-state index contributed by atoms with van der Waals surface area (Å²) in [6.07, 6.45) is 1.85. The molecule has 3 heterocycles. The van der Waals surface area contributed by atoms with Crippen LogP contribution >= 0.6 is 12.2 Å². The van der Waals surface area contributed by atoms with Gasteiger partial charge in [-0.05, 0) is 87.1 Å². The Morgan fingerprint density at radius 1 is 0.829 bits per heavy atom. The van der Waals surface area contributed by atoms with Gasteiger partial charge >= 0.3 is 0 Å². The number of hydrogen-bond acceptors (Lipinski definition) is 3. The number of rotatable bonds is 5. The van der Waals surface area contributed by atoms with E-state index >= 15 is 0 Å². The normalized spacial score (nSPS) is 17.5. The van der Waals surface area contributed by atoms with Crippen LogP contribution in [0.2, 0.25) is 0 Å². The van der Waals surface area contributed by atoms with Gasteiger partial charge < -0.3 is 19.7 Å². The molecule has 0 amide bonds. The third-order valence-corrected chi connectivity index (χ3v) is 7.37. The van der Waals surface area contributed by atoms with Crippen LogP contribution in [0.15, 0.2) is 79.0 Å². The van der Waals surface area contributed by atoms with E-state index in [0.717, 1.165) is 17.1 Å². The lowest BCUT2D eigenvalue weighted by atomic mass is 9.93. The number of nitrogens with zero attached hydrogens (tertiary/aromatic N) is 4. The van der Waals surface area contributed by atoms with Crippen molar-refractivity contribution in [3.63, 3.8) is 0 Å². The molecule has 178 valence electrons. The molecule has 5 nitrogen and oxygen atoms in total. The van der Waals surface area contributed by atoms with Crippen LogP contribution in [0, 0.1) is 20.8 Å². The second-order valence-electron chi connectivity index (χ2n) is 9.29. The van der Waals surface area contributed by atoms with Crippen LogP contribution in [0.25, 0.3) is 5.69 Å². The molecule has 2 atom stereocenters. The quantitative estimate of drug-likeness (QED) is 0.352. The molecule has 0 radical (unpaired) electrons. The number of para-hydroxylation sites is 1. The molecule has 1 fully saturated rings. The Labute approximate surface area is 213 Å². The van der Waals surface area contributed by atoms with Crippen molar-refractivity contribution in [2.24, 2.45) is 0 Å². The number of aromatic nitrogens is 2. The fourth-order valence-corrected chi connectivity index (χ4v) is 5.59. The predicted octanol–water partition coefficient (Wildman–Crippen LogP) is 6.04. The second kappa shape index (κ2) is 9.19. The highest BCUT2D eigenvalue weighted by Crippen LogP contribution is 2.45. The minimum absolute atomic E-state index is 0.0359. The van der Waals surface area contributed by atoms with E-state index in [2.05, 4.69) is 115 Å². The molecule has 35 heavy (non-hydrogen) atoms. The lowest BCUT2D eigenvalue weighted by Crippen LogP contribution is -2.29. The number of thiocarbonyl (C=S) groups is 1. The minimum atomic E-state index is -0.0688. The lowest BCUT2D eigenvalue weighted by molar-refractivity contribution is 0.563. The summed E-state index contributed by atoms with van der Waals surface area (Å²) in [5, 5.41) is 4.32. The fraction of sp³-hybridized carbons (Fsp3) is 0.241. The van der Waals surface area contributed by atoms with Crippen LogP contribution in [-0.4, -0.2) is 28.8 Å². The van der Waals surface area contributed by atoms with Crippen molar-refractivity contribution in [3.05, 3.63) is 107 Å². The standard InChI is InChI=1S/C29H31N5S/c1-19-20(2)33(23-11-7-6-8-12-23)21(3)26(19)28-27(25-13-9-10-18-30-25)31-29(35)34(28)24-16-14-22(15-17-24)32(4)5/h6-18,27-28H,1-5H3,(H,31,35)/t27-,28+/m0/s1. The van der Waals surface area contributed by atoms with E-state index < -0.39 is 0 Å². The van der Waals surface area contributed by atoms with Gasteiger partial charge in [-0.25, -0.2) is 0 Å². The lowest BCUT2D eigenvalue weighted by Gasteiger charge is -2.29. The maximum absolute atomic E-state index is 5.95. The maximum Gasteiger partial charge on any atom is 0.174 e. The van der Waals surface area contributed by atoms with Gasteiger partial charge in [0.2, 0.25) is 0 Å². The van der Waals surface area contributed by atoms with Crippen molar-refractivity contribution in [1.29, 1.82) is 0 Å². The molecule has 0 unspecified atom stereocenters. The van der Waals surface area contributed by atoms with Gasteiger partial charge in [0, 0.05) is 54.3 Å². The van der Waals surface area contributed by atoms with Crippen LogP contribution < -0.4 is 15.1 Å². The summed E-state index contributed by atoms with van der Waals surface area (Å²) in [7, 11) is 4.11. The van der Waals surface area contributed by atoms with Crippen LogP contribution in [-0.2, 0) is 0 Å².